The van der Waals surface area contributed by atoms with Gasteiger partial charge >= 0.3 is 0 Å². The lowest BCUT2D eigenvalue weighted by molar-refractivity contribution is 1.58. The van der Waals surface area contributed by atoms with Gasteiger partial charge in [0.05, 0.1) is 0 Å². The third-order valence-corrected chi connectivity index (χ3v) is 3.65. The Balaban J connectivity index is 2.15. The molecule has 0 saturated carbocycles. The number of hydrogen-bond donors (Lipinski definition) is 1. The molecule has 1 nitrogen and oxygen atoms in total. The molecule has 0 aliphatic heterocycles. The molecule has 0 bridgehead atoms. The summed E-state index contributed by atoms with van der Waals surface area (Å²) in [6.07, 6.45) is 0. The fourth-order valence-corrected chi connectivity index (χ4v) is 2.53. The molecular formula is C18H14ClN. The first kappa shape index (κ1) is 12.8. The number of anilines is 1. The first-order valence-corrected chi connectivity index (χ1v) is 6.83. The summed E-state index contributed by atoms with van der Waals surface area (Å²) in [6, 6.07) is 24.0. The average molecular weight is 280 g/mol. The Morgan fingerprint density at radius 3 is 2.10 bits per heavy atom. The summed E-state index contributed by atoms with van der Waals surface area (Å²) >= 11 is 6.27. The minimum atomic E-state index is 0.747. The second kappa shape index (κ2) is 5.40. The molecule has 0 fully saturated rings. The number of nitrogens with two attached hydrogens (primary N) is 1. The van der Waals surface area contributed by atoms with E-state index in [9.17, 15) is 0 Å². The smallest absolute Gasteiger partial charge is 0.0484 e. The molecular weight excluding hydrogens is 266 g/mol. The van der Waals surface area contributed by atoms with E-state index < -0.39 is 0 Å². The van der Waals surface area contributed by atoms with E-state index >= 15 is 0 Å². The normalized spacial score (nSPS) is 10.4. The molecule has 0 radical (unpaired) electrons. The van der Waals surface area contributed by atoms with Gasteiger partial charge in [-0.3, -0.25) is 0 Å². The number of halogens is 1. The molecule has 0 unspecified atom stereocenters. The summed E-state index contributed by atoms with van der Waals surface area (Å²) in [6.45, 7) is 0. The lowest BCUT2D eigenvalue weighted by atomic mass is 9.97. The molecule has 20 heavy (non-hydrogen) atoms. The molecule has 2 heteroatoms. The molecule has 2 N–H and O–H groups in total. The van der Waals surface area contributed by atoms with Crippen LogP contribution in [0.2, 0.25) is 5.02 Å². The van der Waals surface area contributed by atoms with Crippen LogP contribution in [0.1, 0.15) is 0 Å². The maximum Gasteiger partial charge on any atom is 0.0484 e. The number of benzene rings is 3. The van der Waals surface area contributed by atoms with Crippen molar-refractivity contribution in [2.24, 2.45) is 0 Å². The van der Waals surface area contributed by atoms with Gasteiger partial charge in [-0.2, -0.15) is 0 Å². The summed E-state index contributed by atoms with van der Waals surface area (Å²) < 4.78 is 0. The van der Waals surface area contributed by atoms with E-state index in [0.29, 0.717) is 0 Å². The molecule has 3 aromatic carbocycles. The molecule has 0 heterocycles. The average Bonchev–Trinajstić information content (AvgIpc) is 2.49. The molecule has 3 rings (SSSR count). The van der Waals surface area contributed by atoms with E-state index in [4.69, 9.17) is 17.3 Å². The highest BCUT2D eigenvalue weighted by atomic mass is 35.5. The maximum atomic E-state index is 6.27. The van der Waals surface area contributed by atoms with E-state index in [0.717, 1.165) is 33.0 Å². The predicted octanol–water partition coefficient (Wildman–Crippen LogP) is 5.26. The van der Waals surface area contributed by atoms with E-state index in [1.807, 2.05) is 54.6 Å². The van der Waals surface area contributed by atoms with Crippen LogP contribution in [0.25, 0.3) is 22.3 Å². The summed E-state index contributed by atoms with van der Waals surface area (Å²) in [5.74, 6) is 0. The molecule has 0 atom stereocenters. The van der Waals surface area contributed by atoms with Gasteiger partial charge in [-0.25, -0.2) is 0 Å². The standard InChI is InChI=1S/C18H14ClN/c19-17-9-5-4-8-15(17)14-10-11-18(20)16(12-14)13-6-2-1-3-7-13/h1-12H,20H2. The highest BCUT2D eigenvalue weighted by molar-refractivity contribution is 6.33. The molecule has 0 spiro atoms. The molecule has 0 aliphatic rings. The lowest BCUT2D eigenvalue weighted by Crippen LogP contribution is -1.91. The Hall–Kier alpha value is -2.25. The Bertz CT molecular complexity index is 735. The molecule has 98 valence electrons. The van der Waals surface area contributed by atoms with E-state index in [1.54, 1.807) is 0 Å². The molecule has 0 saturated heterocycles. The number of rotatable bonds is 2. The van der Waals surface area contributed by atoms with Gasteiger partial charge in [0.15, 0.2) is 0 Å². The minimum absolute atomic E-state index is 0.747. The van der Waals surface area contributed by atoms with Crippen molar-refractivity contribution in [3.63, 3.8) is 0 Å². The van der Waals surface area contributed by atoms with Crippen molar-refractivity contribution in [1.82, 2.24) is 0 Å². The van der Waals surface area contributed by atoms with Gasteiger partial charge in [0.2, 0.25) is 0 Å². The Kier molecular flexibility index (Phi) is 3.44. The van der Waals surface area contributed by atoms with E-state index in [1.165, 1.54) is 0 Å². The van der Waals surface area contributed by atoms with Crippen molar-refractivity contribution in [1.29, 1.82) is 0 Å². The van der Waals surface area contributed by atoms with Crippen LogP contribution in [-0.4, -0.2) is 0 Å². The fraction of sp³-hybridized carbons (Fsp3) is 0. The van der Waals surface area contributed by atoms with Crippen LogP contribution in [0.15, 0.2) is 72.8 Å². The van der Waals surface area contributed by atoms with Crippen LogP contribution in [0.3, 0.4) is 0 Å². The second-order valence-electron chi connectivity index (χ2n) is 4.65. The highest BCUT2D eigenvalue weighted by Crippen LogP contribution is 2.33. The Labute approximate surface area is 123 Å². The monoisotopic (exact) mass is 279 g/mol. The molecule has 0 amide bonds. The first-order chi connectivity index (χ1) is 9.75. The maximum absolute atomic E-state index is 6.27. The van der Waals surface area contributed by atoms with Crippen LogP contribution in [0.5, 0.6) is 0 Å². The zero-order valence-corrected chi connectivity index (χ0v) is 11.6. The largest absolute Gasteiger partial charge is 0.398 e. The van der Waals surface area contributed by atoms with Crippen molar-refractivity contribution < 1.29 is 0 Å². The summed E-state index contributed by atoms with van der Waals surface area (Å²) in [4.78, 5) is 0. The lowest BCUT2D eigenvalue weighted by Gasteiger charge is -2.10. The summed E-state index contributed by atoms with van der Waals surface area (Å²) in [7, 11) is 0. The quantitative estimate of drug-likeness (QED) is 0.637. The SMILES string of the molecule is Nc1ccc(-c2ccccc2Cl)cc1-c1ccccc1. The van der Waals surface area contributed by atoms with E-state index in [2.05, 4.69) is 18.2 Å². The van der Waals surface area contributed by atoms with Crippen molar-refractivity contribution in [2.45, 2.75) is 0 Å². The third kappa shape index (κ3) is 2.40. The van der Waals surface area contributed by atoms with Crippen LogP contribution < -0.4 is 5.73 Å². The number of nitrogen functional groups attached to an aromatic ring is 1. The molecule has 3 aromatic rings. The van der Waals surface area contributed by atoms with Crippen LogP contribution in [0.4, 0.5) is 5.69 Å². The fourth-order valence-electron chi connectivity index (χ4n) is 2.29. The Morgan fingerprint density at radius 1 is 0.650 bits per heavy atom. The van der Waals surface area contributed by atoms with Gasteiger partial charge in [-0.15, -0.1) is 0 Å². The van der Waals surface area contributed by atoms with Gasteiger partial charge in [-0.05, 0) is 29.3 Å². The van der Waals surface area contributed by atoms with Gasteiger partial charge in [0.25, 0.3) is 0 Å². The zero-order valence-electron chi connectivity index (χ0n) is 10.9. The molecule has 0 aromatic heterocycles. The van der Waals surface area contributed by atoms with E-state index in [-0.39, 0.29) is 0 Å². The van der Waals surface area contributed by atoms with Gasteiger partial charge in [0, 0.05) is 21.8 Å². The van der Waals surface area contributed by atoms with Crippen molar-refractivity contribution in [3.05, 3.63) is 77.8 Å². The van der Waals surface area contributed by atoms with Crippen molar-refractivity contribution in [2.75, 3.05) is 5.73 Å². The Morgan fingerprint density at radius 2 is 1.35 bits per heavy atom. The zero-order chi connectivity index (χ0) is 13.9. The topological polar surface area (TPSA) is 26.0 Å². The minimum Gasteiger partial charge on any atom is -0.398 e. The van der Waals surface area contributed by atoms with Crippen molar-refractivity contribution in [3.8, 4) is 22.3 Å². The van der Waals surface area contributed by atoms with Gasteiger partial charge in [0.1, 0.15) is 0 Å². The van der Waals surface area contributed by atoms with Crippen molar-refractivity contribution >= 4 is 17.3 Å². The summed E-state index contributed by atoms with van der Waals surface area (Å²) in [5.41, 5.74) is 11.1. The first-order valence-electron chi connectivity index (χ1n) is 6.45. The second-order valence-corrected chi connectivity index (χ2v) is 5.06. The van der Waals surface area contributed by atoms with Crippen LogP contribution in [0, 0.1) is 0 Å². The predicted molar refractivity (Wildman–Crippen MR) is 86.7 cm³/mol. The third-order valence-electron chi connectivity index (χ3n) is 3.32. The highest BCUT2D eigenvalue weighted by Gasteiger charge is 2.07. The number of hydrogen-bond acceptors (Lipinski definition) is 1. The summed E-state index contributed by atoms with van der Waals surface area (Å²) in [5, 5.41) is 0.747. The van der Waals surface area contributed by atoms with Gasteiger partial charge in [-0.1, -0.05) is 66.2 Å². The van der Waals surface area contributed by atoms with Gasteiger partial charge < -0.3 is 5.73 Å². The van der Waals surface area contributed by atoms with Crippen LogP contribution in [-0.2, 0) is 0 Å². The van der Waals surface area contributed by atoms with Crippen LogP contribution >= 0.6 is 11.6 Å². The molecule has 0 aliphatic carbocycles.